The van der Waals surface area contributed by atoms with Gasteiger partial charge in [-0.1, -0.05) is 17.7 Å². The number of amides is 1. The van der Waals surface area contributed by atoms with Crippen molar-refractivity contribution in [2.24, 2.45) is 0 Å². The second-order valence-electron chi connectivity index (χ2n) is 6.91. The Bertz CT molecular complexity index is 856. The maximum atomic E-state index is 12.2. The Morgan fingerprint density at radius 3 is 2.39 bits per heavy atom. The van der Waals surface area contributed by atoms with Crippen molar-refractivity contribution in [3.63, 3.8) is 0 Å². The van der Waals surface area contributed by atoms with E-state index in [9.17, 15) is 14.4 Å². The average molecular weight is 402 g/mol. The fraction of sp³-hybridized carbons (Fsp3) is 0.409. The highest BCUT2D eigenvalue weighted by Gasteiger charge is 2.16. The van der Waals surface area contributed by atoms with Gasteiger partial charge >= 0.3 is 0 Å². The van der Waals surface area contributed by atoms with Crippen LogP contribution in [0.15, 0.2) is 30.3 Å². The molecule has 0 aliphatic carbocycles. The highest BCUT2D eigenvalue weighted by atomic mass is 32.1. The van der Waals surface area contributed by atoms with Crippen LogP contribution in [0.1, 0.15) is 64.3 Å². The first kappa shape index (κ1) is 21.8. The summed E-state index contributed by atoms with van der Waals surface area (Å²) in [6, 6.07) is 9.28. The third-order valence-corrected chi connectivity index (χ3v) is 5.55. The van der Waals surface area contributed by atoms with Gasteiger partial charge in [0, 0.05) is 36.1 Å². The van der Waals surface area contributed by atoms with E-state index in [0.29, 0.717) is 4.88 Å². The molecule has 1 amide bonds. The molecule has 1 heterocycles. The van der Waals surface area contributed by atoms with Crippen molar-refractivity contribution in [2.75, 3.05) is 7.11 Å². The maximum absolute atomic E-state index is 12.2. The summed E-state index contributed by atoms with van der Waals surface area (Å²) in [6.45, 7) is 5.81. The fourth-order valence-electron chi connectivity index (χ4n) is 2.92. The van der Waals surface area contributed by atoms with E-state index < -0.39 is 0 Å². The molecule has 150 valence electrons. The van der Waals surface area contributed by atoms with Gasteiger partial charge in [0.15, 0.2) is 5.78 Å². The van der Waals surface area contributed by atoms with Crippen LogP contribution in [-0.4, -0.2) is 24.6 Å². The molecule has 0 radical (unpaired) electrons. The summed E-state index contributed by atoms with van der Waals surface area (Å²) in [7, 11) is 1.60. The van der Waals surface area contributed by atoms with Crippen molar-refractivity contribution in [2.45, 2.75) is 52.5 Å². The van der Waals surface area contributed by atoms with Crippen LogP contribution < -0.4 is 10.1 Å². The van der Waals surface area contributed by atoms with E-state index in [1.807, 2.05) is 45.0 Å². The largest absolute Gasteiger partial charge is 0.496 e. The zero-order valence-corrected chi connectivity index (χ0v) is 17.7. The number of benzene rings is 1. The molecular weight excluding hydrogens is 374 g/mol. The number of hydrogen-bond donors (Lipinski definition) is 1. The SMILES string of the molecule is COc1ccc(C)cc1[C@H](C)NC(=O)CCC(=O)CCC(=O)c1ccc(C)s1. The number of rotatable bonds is 10. The molecule has 2 rings (SSSR count). The Morgan fingerprint density at radius 2 is 1.75 bits per heavy atom. The number of hydrogen-bond acceptors (Lipinski definition) is 5. The Balaban J connectivity index is 1.78. The third-order valence-electron chi connectivity index (χ3n) is 4.51. The summed E-state index contributed by atoms with van der Waals surface area (Å²) in [6.07, 6.45) is 0.617. The van der Waals surface area contributed by atoms with E-state index in [2.05, 4.69) is 5.32 Å². The maximum Gasteiger partial charge on any atom is 0.220 e. The zero-order valence-electron chi connectivity index (χ0n) is 16.8. The molecule has 1 atom stereocenters. The number of methoxy groups -OCH3 is 1. The van der Waals surface area contributed by atoms with Crippen molar-refractivity contribution >= 4 is 28.8 Å². The molecule has 0 unspecified atom stereocenters. The summed E-state index contributed by atoms with van der Waals surface area (Å²) in [5.74, 6) is 0.440. The lowest BCUT2D eigenvalue weighted by atomic mass is 10.0. The second kappa shape index (κ2) is 10.2. The molecule has 0 saturated heterocycles. The van der Waals surface area contributed by atoms with Gasteiger partial charge in [0.2, 0.25) is 5.91 Å². The Hall–Kier alpha value is -2.47. The summed E-state index contributed by atoms with van der Waals surface area (Å²) in [4.78, 5) is 38.1. The molecule has 1 aromatic carbocycles. The van der Waals surface area contributed by atoms with E-state index in [0.717, 1.165) is 21.8 Å². The van der Waals surface area contributed by atoms with Gasteiger partial charge in [-0.15, -0.1) is 11.3 Å². The molecule has 0 spiro atoms. The minimum Gasteiger partial charge on any atom is -0.496 e. The van der Waals surface area contributed by atoms with E-state index in [4.69, 9.17) is 4.74 Å². The lowest BCUT2D eigenvalue weighted by molar-refractivity contribution is -0.125. The normalized spacial score (nSPS) is 11.7. The monoisotopic (exact) mass is 401 g/mol. The Morgan fingerprint density at radius 1 is 1.04 bits per heavy atom. The summed E-state index contributed by atoms with van der Waals surface area (Å²) in [5, 5.41) is 2.91. The summed E-state index contributed by atoms with van der Waals surface area (Å²) in [5.41, 5.74) is 1.98. The van der Waals surface area contributed by atoms with Crippen LogP contribution >= 0.6 is 11.3 Å². The predicted molar refractivity (Wildman–Crippen MR) is 111 cm³/mol. The van der Waals surface area contributed by atoms with Gasteiger partial charge in [-0.3, -0.25) is 14.4 Å². The van der Waals surface area contributed by atoms with Crippen LogP contribution in [0.2, 0.25) is 0 Å². The molecule has 1 N–H and O–H groups in total. The van der Waals surface area contributed by atoms with Gasteiger partial charge in [-0.2, -0.15) is 0 Å². The molecule has 0 saturated carbocycles. The zero-order chi connectivity index (χ0) is 20.7. The molecule has 0 bridgehead atoms. The number of ether oxygens (including phenoxy) is 1. The smallest absolute Gasteiger partial charge is 0.220 e. The van der Waals surface area contributed by atoms with Gasteiger partial charge < -0.3 is 10.1 Å². The molecule has 1 aromatic heterocycles. The Kier molecular flexibility index (Phi) is 7.93. The number of ketones is 2. The van der Waals surface area contributed by atoms with Crippen LogP contribution in [0.3, 0.4) is 0 Å². The number of carbonyl (C=O) groups excluding carboxylic acids is 3. The quantitative estimate of drug-likeness (QED) is 0.592. The average Bonchev–Trinajstić information content (AvgIpc) is 3.10. The first-order chi connectivity index (χ1) is 13.3. The topological polar surface area (TPSA) is 72.5 Å². The van der Waals surface area contributed by atoms with E-state index in [-0.39, 0.29) is 49.2 Å². The van der Waals surface area contributed by atoms with Crippen molar-refractivity contribution in [3.8, 4) is 5.75 Å². The van der Waals surface area contributed by atoms with Crippen molar-refractivity contribution in [1.82, 2.24) is 5.32 Å². The number of carbonyl (C=O) groups is 3. The first-order valence-electron chi connectivity index (χ1n) is 9.35. The van der Waals surface area contributed by atoms with Gasteiger partial charge in [0.1, 0.15) is 11.5 Å². The lowest BCUT2D eigenvalue weighted by Gasteiger charge is -2.18. The third kappa shape index (κ3) is 6.30. The second-order valence-corrected chi connectivity index (χ2v) is 8.19. The van der Waals surface area contributed by atoms with Gasteiger partial charge in [-0.25, -0.2) is 0 Å². The number of thiophene rings is 1. The van der Waals surface area contributed by atoms with E-state index in [1.54, 1.807) is 13.2 Å². The fourth-order valence-corrected chi connectivity index (χ4v) is 3.76. The molecule has 0 aliphatic rings. The first-order valence-corrected chi connectivity index (χ1v) is 10.2. The molecule has 2 aromatic rings. The van der Waals surface area contributed by atoms with Crippen LogP contribution in [0.25, 0.3) is 0 Å². The van der Waals surface area contributed by atoms with Crippen molar-refractivity contribution in [1.29, 1.82) is 0 Å². The molecule has 28 heavy (non-hydrogen) atoms. The van der Waals surface area contributed by atoms with Crippen molar-refractivity contribution in [3.05, 3.63) is 51.2 Å². The van der Waals surface area contributed by atoms with Gasteiger partial charge in [-0.05, 0) is 39.0 Å². The van der Waals surface area contributed by atoms with Gasteiger partial charge in [0.05, 0.1) is 18.0 Å². The molecular formula is C22H27NO4S. The van der Waals surface area contributed by atoms with Crippen molar-refractivity contribution < 1.29 is 19.1 Å². The summed E-state index contributed by atoms with van der Waals surface area (Å²) < 4.78 is 5.36. The van der Waals surface area contributed by atoms with Crippen LogP contribution in [0, 0.1) is 13.8 Å². The highest BCUT2D eigenvalue weighted by Crippen LogP contribution is 2.26. The number of aryl methyl sites for hydroxylation is 2. The lowest BCUT2D eigenvalue weighted by Crippen LogP contribution is -2.27. The van der Waals surface area contributed by atoms with Crippen LogP contribution in [-0.2, 0) is 9.59 Å². The van der Waals surface area contributed by atoms with Gasteiger partial charge in [0.25, 0.3) is 0 Å². The summed E-state index contributed by atoms with van der Waals surface area (Å²) >= 11 is 1.44. The Labute approximate surface area is 170 Å². The van der Waals surface area contributed by atoms with E-state index >= 15 is 0 Å². The molecule has 0 aliphatic heterocycles. The van der Waals surface area contributed by atoms with Crippen LogP contribution in [0.5, 0.6) is 5.75 Å². The number of nitrogens with one attached hydrogen (secondary N) is 1. The molecule has 6 heteroatoms. The minimum atomic E-state index is -0.221. The predicted octanol–water partition coefficient (Wildman–Crippen LogP) is 4.56. The molecule has 0 fully saturated rings. The highest BCUT2D eigenvalue weighted by molar-refractivity contribution is 7.14. The minimum absolute atomic E-state index is 0.0175. The molecule has 5 nitrogen and oxygen atoms in total. The van der Waals surface area contributed by atoms with Crippen LogP contribution in [0.4, 0.5) is 0 Å². The number of Topliss-reactive ketones (excluding diaryl/α,β-unsaturated/α-hetero) is 2. The van der Waals surface area contributed by atoms with E-state index in [1.165, 1.54) is 11.3 Å². The standard InChI is InChI=1S/C22H27NO4S/c1-14-5-10-20(27-4)18(13-14)16(3)23-22(26)12-8-17(24)7-9-19(25)21-11-6-15(2)28-21/h5-6,10-11,13,16H,7-9,12H2,1-4H3,(H,23,26)/t16-/m0/s1.